The minimum atomic E-state index is -0.309. The van der Waals surface area contributed by atoms with Crippen LogP contribution in [0.25, 0.3) is 22.3 Å². The molecule has 4 rings (SSSR count). The smallest absolute Gasteiger partial charge is 0.214 e. The molecule has 5 heteroatoms. The first-order chi connectivity index (χ1) is 13.4. The van der Waals surface area contributed by atoms with Crippen LogP contribution in [0.5, 0.6) is 0 Å². The number of carbonyl (C=O) groups is 1. The molecule has 2 aromatic heterocycles. The highest BCUT2D eigenvalue weighted by Crippen LogP contribution is 2.38. The first kappa shape index (κ1) is 18.7. The fourth-order valence-electron chi connectivity index (χ4n) is 3.16. The zero-order valence-electron chi connectivity index (χ0n) is 15.3. The Bertz CT molecular complexity index is 1060. The van der Waals surface area contributed by atoms with E-state index in [1.165, 1.54) is 46.9 Å². The van der Waals surface area contributed by atoms with E-state index in [1.54, 1.807) is 24.3 Å². The lowest BCUT2D eigenvalue weighted by atomic mass is 10.0. The number of carbonyl (C=O) groups excluding carboxylic acids is 1. The van der Waals surface area contributed by atoms with Gasteiger partial charge in [0, 0.05) is 20.9 Å². The summed E-state index contributed by atoms with van der Waals surface area (Å²) in [5, 5.41) is 0. The van der Waals surface area contributed by atoms with Gasteiger partial charge in [0.1, 0.15) is 11.6 Å². The zero-order valence-corrected chi connectivity index (χ0v) is 16.9. The highest BCUT2D eigenvalue weighted by atomic mass is 32.1. The lowest BCUT2D eigenvalue weighted by Gasteiger charge is -2.06. The SMILES string of the molecule is Cc1cc(-c2ccc(F)cc2)c(C(=O)c2sc(C)cc2-c2ccc(F)cc2)s1. The van der Waals surface area contributed by atoms with Crippen molar-refractivity contribution in [1.29, 1.82) is 0 Å². The van der Waals surface area contributed by atoms with Crippen LogP contribution in [0.2, 0.25) is 0 Å². The molecule has 0 bridgehead atoms. The molecule has 0 radical (unpaired) electrons. The molecule has 140 valence electrons. The van der Waals surface area contributed by atoms with Gasteiger partial charge in [0.25, 0.3) is 0 Å². The van der Waals surface area contributed by atoms with Crippen molar-refractivity contribution in [2.45, 2.75) is 13.8 Å². The van der Waals surface area contributed by atoms with Gasteiger partial charge in [-0.25, -0.2) is 8.78 Å². The Kier molecular flexibility index (Phi) is 4.96. The third-order valence-electron chi connectivity index (χ3n) is 4.43. The molecule has 1 nitrogen and oxygen atoms in total. The third kappa shape index (κ3) is 3.55. The van der Waals surface area contributed by atoms with E-state index >= 15 is 0 Å². The van der Waals surface area contributed by atoms with Gasteiger partial charge in [-0.15, -0.1) is 22.7 Å². The van der Waals surface area contributed by atoms with E-state index in [0.29, 0.717) is 9.75 Å². The predicted molar refractivity (Wildman–Crippen MR) is 112 cm³/mol. The second kappa shape index (κ2) is 7.41. The Balaban J connectivity index is 1.81. The highest BCUT2D eigenvalue weighted by molar-refractivity contribution is 7.18. The summed E-state index contributed by atoms with van der Waals surface area (Å²) in [4.78, 5) is 16.8. The van der Waals surface area contributed by atoms with Crippen LogP contribution in [-0.4, -0.2) is 5.78 Å². The van der Waals surface area contributed by atoms with Crippen molar-refractivity contribution in [1.82, 2.24) is 0 Å². The fourth-order valence-corrected chi connectivity index (χ4v) is 5.18. The van der Waals surface area contributed by atoms with E-state index < -0.39 is 0 Å². The molecule has 0 aliphatic rings. The summed E-state index contributed by atoms with van der Waals surface area (Å²) < 4.78 is 26.6. The fraction of sp³-hybridized carbons (Fsp3) is 0.0870. The van der Waals surface area contributed by atoms with Gasteiger partial charge in [-0.2, -0.15) is 0 Å². The normalized spacial score (nSPS) is 11.0. The van der Waals surface area contributed by atoms with Gasteiger partial charge in [-0.05, 0) is 61.4 Å². The number of thiophene rings is 2. The second-order valence-corrected chi connectivity index (χ2v) is 9.06. The maximum atomic E-state index is 13.5. The molecule has 0 saturated carbocycles. The molecule has 2 heterocycles. The van der Waals surface area contributed by atoms with Gasteiger partial charge in [0.05, 0.1) is 9.75 Å². The molecule has 0 aliphatic heterocycles. The lowest BCUT2D eigenvalue weighted by Crippen LogP contribution is -1.99. The van der Waals surface area contributed by atoms with Crippen molar-refractivity contribution in [3.05, 3.63) is 91.8 Å². The van der Waals surface area contributed by atoms with Crippen molar-refractivity contribution >= 4 is 28.5 Å². The quantitative estimate of drug-likeness (QED) is 0.323. The minimum absolute atomic E-state index is 0.0603. The van der Waals surface area contributed by atoms with Gasteiger partial charge in [0.2, 0.25) is 5.78 Å². The largest absolute Gasteiger partial charge is 0.287 e. The summed E-state index contributed by atoms with van der Waals surface area (Å²) in [7, 11) is 0. The second-order valence-electron chi connectivity index (χ2n) is 6.54. The summed E-state index contributed by atoms with van der Waals surface area (Å²) in [6, 6.07) is 16.3. The molecule has 28 heavy (non-hydrogen) atoms. The summed E-state index contributed by atoms with van der Waals surface area (Å²) in [5.41, 5.74) is 3.24. The molecule has 2 aromatic carbocycles. The van der Waals surface area contributed by atoms with Gasteiger partial charge >= 0.3 is 0 Å². The van der Waals surface area contributed by atoms with Crippen molar-refractivity contribution in [2.75, 3.05) is 0 Å². The molecule has 0 aliphatic carbocycles. The van der Waals surface area contributed by atoms with E-state index in [9.17, 15) is 13.6 Å². The van der Waals surface area contributed by atoms with Gasteiger partial charge in [-0.1, -0.05) is 24.3 Å². The molecule has 4 aromatic rings. The third-order valence-corrected chi connectivity index (χ3v) is 6.53. The number of aryl methyl sites for hydroxylation is 2. The summed E-state index contributed by atoms with van der Waals surface area (Å²) in [6.07, 6.45) is 0. The van der Waals surface area contributed by atoms with Crippen LogP contribution in [0.4, 0.5) is 8.78 Å². The molecule has 0 unspecified atom stereocenters. The monoisotopic (exact) mass is 410 g/mol. The standard InChI is InChI=1S/C23H16F2OS2/c1-13-11-19(15-3-7-17(24)8-4-15)22(27-13)21(26)23-20(12-14(2)28-23)16-5-9-18(25)10-6-16/h3-12H,1-2H3. The molecule has 0 atom stereocenters. The molecular formula is C23H16F2OS2. The molecule has 0 amide bonds. The maximum absolute atomic E-state index is 13.5. The average molecular weight is 411 g/mol. The molecule has 0 fully saturated rings. The van der Waals surface area contributed by atoms with E-state index in [0.717, 1.165) is 32.0 Å². The van der Waals surface area contributed by atoms with E-state index in [1.807, 2.05) is 26.0 Å². The molecule has 0 N–H and O–H groups in total. The van der Waals surface area contributed by atoms with Gasteiger partial charge < -0.3 is 0 Å². The predicted octanol–water partition coefficient (Wildman–Crippen LogP) is 7.27. The van der Waals surface area contributed by atoms with Crippen LogP contribution in [0.1, 0.15) is 24.3 Å². The van der Waals surface area contributed by atoms with Crippen LogP contribution >= 0.6 is 22.7 Å². The summed E-state index contributed by atoms with van der Waals surface area (Å²) >= 11 is 2.87. The number of halogens is 2. The maximum Gasteiger partial charge on any atom is 0.214 e. The number of benzene rings is 2. The van der Waals surface area contributed by atoms with Gasteiger partial charge in [-0.3, -0.25) is 4.79 Å². The van der Waals surface area contributed by atoms with E-state index in [2.05, 4.69) is 0 Å². The van der Waals surface area contributed by atoms with Gasteiger partial charge in [0.15, 0.2) is 0 Å². The Labute approximate surface area is 169 Å². The average Bonchev–Trinajstić information content (AvgIpc) is 3.25. The number of hydrogen-bond acceptors (Lipinski definition) is 3. The molecular weight excluding hydrogens is 394 g/mol. The Morgan fingerprint density at radius 2 is 1.04 bits per heavy atom. The Morgan fingerprint density at radius 3 is 1.39 bits per heavy atom. The number of ketones is 1. The van der Waals surface area contributed by atoms with Crippen molar-refractivity contribution in [3.63, 3.8) is 0 Å². The summed E-state index contributed by atoms with van der Waals surface area (Å²) in [6.45, 7) is 3.91. The van der Waals surface area contributed by atoms with Crippen LogP contribution in [0, 0.1) is 25.5 Å². The van der Waals surface area contributed by atoms with Crippen LogP contribution in [-0.2, 0) is 0 Å². The zero-order chi connectivity index (χ0) is 19.8. The topological polar surface area (TPSA) is 17.1 Å². The number of hydrogen-bond donors (Lipinski definition) is 0. The first-order valence-electron chi connectivity index (χ1n) is 8.70. The van der Waals surface area contributed by atoms with E-state index in [4.69, 9.17) is 0 Å². The minimum Gasteiger partial charge on any atom is -0.287 e. The Morgan fingerprint density at radius 1 is 0.679 bits per heavy atom. The van der Waals surface area contributed by atoms with Crippen molar-refractivity contribution in [3.8, 4) is 22.3 Å². The van der Waals surface area contributed by atoms with Crippen LogP contribution < -0.4 is 0 Å². The van der Waals surface area contributed by atoms with Crippen LogP contribution in [0.15, 0.2) is 60.7 Å². The van der Waals surface area contributed by atoms with Crippen molar-refractivity contribution in [2.24, 2.45) is 0 Å². The van der Waals surface area contributed by atoms with Crippen LogP contribution in [0.3, 0.4) is 0 Å². The lowest BCUT2D eigenvalue weighted by molar-refractivity contribution is 0.104. The van der Waals surface area contributed by atoms with Crippen molar-refractivity contribution < 1.29 is 13.6 Å². The Hall–Kier alpha value is -2.63. The number of rotatable bonds is 4. The molecule has 0 spiro atoms. The van der Waals surface area contributed by atoms with E-state index in [-0.39, 0.29) is 17.4 Å². The summed E-state index contributed by atoms with van der Waals surface area (Å²) in [5.74, 6) is -0.679. The molecule has 0 saturated heterocycles. The first-order valence-corrected chi connectivity index (χ1v) is 10.3. The highest BCUT2D eigenvalue weighted by Gasteiger charge is 2.23.